The lowest BCUT2D eigenvalue weighted by atomic mass is 10.2. The molecule has 0 N–H and O–H groups in total. The highest BCUT2D eigenvalue weighted by Crippen LogP contribution is 2.22. The lowest BCUT2D eigenvalue weighted by Gasteiger charge is -1.99. The second-order valence-corrected chi connectivity index (χ2v) is 3.67. The normalized spacial score (nSPS) is 9.90. The Morgan fingerprint density at radius 1 is 1.50 bits per heavy atom. The molecule has 0 saturated carbocycles. The van der Waals surface area contributed by atoms with Crippen LogP contribution in [0.1, 0.15) is 5.56 Å². The zero-order valence-electron chi connectivity index (χ0n) is 5.27. The summed E-state index contributed by atoms with van der Waals surface area (Å²) >= 11 is 9.23. The van der Waals surface area contributed by atoms with E-state index in [2.05, 4.69) is 25.2 Å². The maximum Gasteiger partial charge on any atom is 0.0442 e. The summed E-state index contributed by atoms with van der Waals surface area (Å²) in [5.41, 5.74) is 1.15. The Kier molecular flexibility index (Phi) is 3.16. The Labute approximate surface area is 76.3 Å². The predicted octanol–water partition coefficient (Wildman–Crippen LogP) is 3.48. The van der Waals surface area contributed by atoms with Gasteiger partial charge in [0.15, 0.2) is 0 Å². The van der Waals surface area contributed by atoms with Crippen LogP contribution in [0.3, 0.4) is 0 Å². The van der Waals surface area contributed by atoms with E-state index in [4.69, 9.17) is 11.6 Å². The fourth-order valence-electron chi connectivity index (χ4n) is 0.700. The molecule has 1 atom stereocenters. The van der Waals surface area contributed by atoms with Crippen molar-refractivity contribution < 1.29 is 0 Å². The molecule has 0 aliphatic carbocycles. The number of hydrogen-bond acceptors (Lipinski definition) is 0. The van der Waals surface area contributed by atoms with Gasteiger partial charge in [-0.15, -0.1) is 9.24 Å². The smallest absolute Gasteiger partial charge is 0.0442 e. The van der Waals surface area contributed by atoms with Crippen LogP contribution in [0.4, 0.5) is 0 Å². The van der Waals surface area contributed by atoms with Gasteiger partial charge in [-0.05, 0) is 29.9 Å². The fraction of sp³-hybridized carbons (Fsp3) is 0.143. The van der Waals surface area contributed by atoms with Crippen molar-refractivity contribution in [2.24, 2.45) is 0 Å². The second kappa shape index (κ2) is 3.71. The molecule has 0 bridgehead atoms. The molecule has 54 valence electrons. The first-order valence-electron chi connectivity index (χ1n) is 2.88. The summed E-state index contributed by atoms with van der Waals surface area (Å²) in [6, 6.07) is 5.85. The van der Waals surface area contributed by atoms with Gasteiger partial charge in [0.25, 0.3) is 0 Å². The minimum absolute atomic E-state index is 0.832. The van der Waals surface area contributed by atoms with Crippen molar-refractivity contribution in [3.05, 3.63) is 33.3 Å². The lowest BCUT2D eigenvalue weighted by Crippen LogP contribution is -1.78. The van der Waals surface area contributed by atoms with Crippen LogP contribution in [-0.4, -0.2) is 0 Å². The largest absolute Gasteiger partial charge is 0.133 e. The summed E-state index contributed by atoms with van der Waals surface area (Å²) in [6.45, 7) is 0. The molecule has 0 aliphatic heterocycles. The molecule has 1 aromatic rings. The van der Waals surface area contributed by atoms with Crippen molar-refractivity contribution in [3.8, 4) is 0 Å². The van der Waals surface area contributed by atoms with E-state index >= 15 is 0 Å². The molecule has 0 fully saturated rings. The molecule has 10 heavy (non-hydrogen) atoms. The van der Waals surface area contributed by atoms with Gasteiger partial charge in [-0.3, -0.25) is 0 Å². The van der Waals surface area contributed by atoms with Crippen LogP contribution in [0, 0.1) is 0 Å². The van der Waals surface area contributed by atoms with Gasteiger partial charge in [0.1, 0.15) is 0 Å². The SMILES string of the molecule is PCc1cc(Br)ccc1Cl. The quantitative estimate of drug-likeness (QED) is 0.656. The third-order valence-corrected chi connectivity index (χ3v) is 2.53. The van der Waals surface area contributed by atoms with Gasteiger partial charge in [-0.25, -0.2) is 0 Å². The van der Waals surface area contributed by atoms with E-state index in [1.54, 1.807) is 0 Å². The van der Waals surface area contributed by atoms with E-state index in [9.17, 15) is 0 Å². The van der Waals surface area contributed by atoms with Crippen molar-refractivity contribution in [2.45, 2.75) is 6.16 Å². The molecule has 3 heteroatoms. The first kappa shape index (κ1) is 8.52. The van der Waals surface area contributed by atoms with E-state index in [0.29, 0.717) is 0 Å². The third-order valence-electron chi connectivity index (χ3n) is 1.23. The van der Waals surface area contributed by atoms with E-state index in [-0.39, 0.29) is 0 Å². The molecular formula is C7H7BrClP. The van der Waals surface area contributed by atoms with Crippen LogP contribution >= 0.6 is 36.8 Å². The third kappa shape index (κ3) is 1.95. The molecular weight excluding hydrogens is 230 g/mol. The Balaban J connectivity index is 3.09. The summed E-state index contributed by atoms with van der Waals surface area (Å²) in [4.78, 5) is 0. The van der Waals surface area contributed by atoms with E-state index in [1.807, 2.05) is 18.2 Å². The minimum Gasteiger partial charge on any atom is -0.133 e. The fourth-order valence-corrected chi connectivity index (χ4v) is 1.77. The van der Waals surface area contributed by atoms with Gasteiger partial charge in [-0.1, -0.05) is 27.5 Å². The standard InChI is InChI=1S/C7H7BrClP/c8-6-1-2-7(9)5(3-6)4-10/h1-3H,4,10H2. The summed E-state index contributed by atoms with van der Waals surface area (Å²) in [6.07, 6.45) is 0.901. The number of halogens is 2. The van der Waals surface area contributed by atoms with Crippen molar-refractivity contribution in [1.82, 2.24) is 0 Å². The predicted molar refractivity (Wildman–Crippen MR) is 52.6 cm³/mol. The van der Waals surface area contributed by atoms with Crippen molar-refractivity contribution >= 4 is 36.8 Å². The molecule has 0 saturated heterocycles. The summed E-state index contributed by atoms with van der Waals surface area (Å²) in [7, 11) is 2.64. The molecule has 0 aliphatic rings. The average Bonchev–Trinajstić information content (AvgIpc) is 1.94. The van der Waals surface area contributed by atoms with Crippen molar-refractivity contribution in [2.75, 3.05) is 0 Å². The van der Waals surface area contributed by atoms with Gasteiger partial charge in [0, 0.05) is 9.50 Å². The molecule has 0 heterocycles. The summed E-state index contributed by atoms with van der Waals surface area (Å²) in [5, 5.41) is 0.832. The van der Waals surface area contributed by atoms with Gasteiger partial charge in [-0.2, -0.15) is 0 Å². The van der Waals surface area contributed by atoms with E-state index in [0.717, 1.165) is 21.2 Å². The number of hydrogen-bond donors (Lipinski definition) is 0. The molecule has 1 unspecified atom stereocenters. The Bertz CT molecular complexity index is 237. The second-order valence-electron chi connectivity index (χ2n) is 1.94. The average molecular weight is 237 g/mol. The van der Waals surface area contributed by atoms with Gasteiger partial charge >= 0.3 is 0 Å². The zero-order valence-corrected chi connectivity index (χ0v) is 8.77. The maximum atomic E-state index is 5.86. The molecule has 0 nitrogen and oxygen atoms in total. The summed E-state index contributed by atoms with van der Waals surface area (Å²) < 4.78 is 1.08. The molecule has 1 aromatic carbocycles. The van der Waals surface area contributed by atoms with Crippen molar-refractivity contribution in [1.29, 1.82) is 0 Å². The molecule has 0 amide bonds. The molecule has 1 rings (SSSR count). The van der Waals surface area contributed by atoms with Crippen LogP contribution in [0.15, 0.2) is 22.7 Å². The van der Waals surface area contributed by atoms with Crippen LogP contribution in [0.2, 0.25) is 5.02 Å². The topological polar surface area (TPSA) is 0 Å². The lowest BCUT2D eigenvalue weighted by molar-refractivity contribution is 1.40. The highest BCUT2D eigenvalue weighted by molar-refractivity contribution is 9.10. The van der Waals surface area contributed by atoms with Crippen LogP contribution < -0.4 is 0 Å². The minimum atomic E-state index is 0.832. The zero-order chi connectivity index (χ0) is 7.56. The Morgan fingerprint density at radius 2 is 2.20 bits per heavy atom. The number of rotatable bonds is 1. The molecule has 0 spiro atoms. The molecule has 0 aromatic heterocycles. The highest BCUT2D eigenvalue weighted by atomic mass is 79.9. The van der Waals surface area contributed by atoms with E-state index < -0.39 is 0 Å². The van der Waals surface area contributed by atoms with Crippen LogP contribution in [0.25, 0.3) is 0 Å². The van der Waals surface area contributed by atoms with Gasteiger partial charge in [0.05, 0.1) is 0 Å². The Morgan fingerprint density at radius 3 is 2.70 bits per heavy atom. The highest BCUT2D eigenvalue weighted by Gasteiger charge is 1.96. The van der Waals surface area contributed by atoms with Crippen LogP contribution in [0.5, 0.6) is 0 Å². The number of benzene rings is 1. The monoisotopic (exact) mass is 236 g/mol. The maximum absolute atomic E-state index is 5.86. The van der Waals surface area contributed by atoms with Crippen LogP contribution in [-0.2, 0) is 6.16 Å². The Hall–Kier alpha value is 0.420. The summed E-state index contributed by atoms with van der Waals surface area (Å²) in [5.74, 6) is 0. The van der Waals surface area contributed by atoms with Crippen molar-refractivity contribution in [3.63, 3.8) is 0 Å². The van der Waals surface area contributed by atoms with Gasteiger partial charge in [0.2, 0.25) is 0 Å². The van der Waals surface area contributed by atoms with Gasteiger partial charge < -0.3 is 0 Å². The first-order chi connectivity index (χ1) is 4.74. The van der Waals surface area contributed by atoms with E-state index in [1.165, 1.54) is 0 Å². The first-order valence-corrected chi connectivity index (χ1v) is 4.87. The molecule has 0 radical (unpaired) electrons.